The number of halogens is 1. The molecule has 3 rings (SSSR count). The van der Waals surface area contributed by atoms with Gasteiger partial charge in [0.05, 0.1) is 11.9 Å². The minimum absolute atomic E-state index is 0.199. The molecule has 1 saturated heterocycles. The number of carbonyl (C=O) groups excluding carboxylic acids is 1. The molecule has 0 radical (unpaired) electrons. The van der Waals surface area contributed by atoms with E-state index in [0.717, 1.165) is 35.8 Å². The minimum Gasteiger partial charge on any atom is -0.339 e. The van der Waals surface area contributed by atoms with Crippen LogP contribution in [0.2, 0.25) is 5.02 Å². The highest BCUT2D eigenvalue weighted by Crippen LogP contribution is 2.20. The van der Waals surface area contributed by atoms with Crippen molar-refractivity contribution in [2.45, 2.75) is 0 Å². The van der Waals surface area contributed by atoms with Crippen molar-refractivity contribution in [1.29, 1.82) is 0 Å². The fourth-order valence-corrected chi connectivity index (χ4v) is 4.29. The van der Waals surface area contributed by atoms with Crippen molar-refractivity contribution in [2.75, 3.05) is 49.8 Å². The van der Waals surface area contributed by atoms with Gasteiger partial charge in [-0.1, -0.05) is 54.1 Å². The van der Waals surface area contributed by atoms with E-state index in [1.54, 1.807) is 29.2 Å². The zero-order chi connectivity index (χ0) is 21.6. The molecule has 0 spiro atoms. The van der Waals surface area contributed by atoms with Gasteiger partial charge in [-0.25, -0.2) is 8.42 Å². The van der Waals surface area contributed by atoms with Crippen LogP contribution in [0.1, 0.15) is 5.56 Å². The predicted octanol–water partition coefficient (Wildman–Crippen LogP) is 2.96. The Labute approximate surface area is 183 Å². The second-order valence-corrected chi connectivity index (χ2v) is 9.58. The number of benzene rings is 2. The fourth-order valence-electron chi connectivity index (χ4n) is 3.31. The lowest BCUT2D eigenvalue weighted by molar-refractivity contribution is -0.131. The van der Waals surface area contributed by atoms with E-state index in [4.69, 9.17) is 11.6 Å². The molecule has 8 heteroatoms. The third kappa shape index (κ3) is 6.32. The number of amides is 1. The zero-order valence-electron chi connectivity index (χ0n) is 16.9. The highest BCUT2D eigenvalue weighted by atomic mass is 35.5. The monoisotopic (exact) mass is 447 g/mol. The van der Waals surface area contributed by atoms with Gasteiger partial charge in [0, 0.05) is 37.7 Å². The summed E-state index contributed by atoms with van der Waals surface area (Å²) in [6, 6.07) is 16.6. The van der Waals surface area contributed by atoms with Crippen LogP contribution in [0.4, 0.5) is 5.69 Å². The molecule has 0 aromatic heterocycles. The second kappa shape index (κ2) is 10.1. The summed E-state index contributed by atoms with van der Waals surface area (Å²) in [6.45, 7) is 3.27. The summed E-state index contributed by atoms with van der Waals surface area (Å²) >= 11 is 5.89. The Bertz CT molecular complexity index is 970. The molecule has 1 heterocycles. The molecular formula is C22H26ClN3O3S. The molecule has 160 valence electrons. The molecule has 0 bridgehead atoms. The van der Waals surface area contributed by atoms with Crippen LogP contribution in [0.5, 0.6) is 0 Å². The first kappa shape index (κ1) is 22.3. The maximum absolute atomic E-state index is 12.8. The summed E-state index contributed by atoms with van der Waals surface area (Å²) in [5.41, 5.74) is 1.59. The smallest absolute Gasteiger partial charge is 0.243 e. The topological polar surface area (TPSA) is 60.9 Å². The number of anilines is 1. The van der Waals surface area contributed by atoms with E-state index in [9.17, 15) is 13.2 Å². The van der Waals surface area contributed by atoms with Crippen molar-refractivity contribution in [1.82, 2.24) is 9.80 Å². The Kier molecular flexibility index (Phi) is 7.53. The number of hydrogen-bond donors (Lipinski definition) is 0. The van der Waals surface area contributed by atoms with Gasteiger partial charge in [-0.2, -0.15) is 0 Å². The van der Waals surface area contributed by atoms with Crippen molar-refractivity contribution in [3.8, 4) is 0 Å². The van der Waals surface area contributed by atoms with E-state index in [1.165, 1.54) is 0 Å². The van der Waals surface area contributed by atoms with E-state index in [1.807, 2.05) is 18.2 Å². The maximum Gasteiger partial charge on any atom is 0.243 e. The Morgan fingerprint density at radius 3 is 2.27 bits per heavy atom. The SMILES string of the molecule is CS(=O)(=O)N(CC(=O)N1CCN(CC=Cc2ccccc2)CC1)c1ccc(Cl)cc1. The number of piperazine rings is 1. The van der Waals surface area contributed by atoms with E-state index < -0.39 is 10.0 Å². The molecule has 2 aromatic rings. The van der Waals surface area contributed by atoms with Gasteiger partial charge in [-0.15, -0.1) is 0 Å². The second-order valence-electron chi connectivity index (χ2n) is 7.24. The van der Waals surface area contributed by atoms with E-state index in [2.05, 4.69) is 29.2 Å². The van der Waals surface area contributed by atoms with Crippen molar-refractivity contribution in [2.24, 2.45) is 0 Å². The molecule has 1 aliphatic heterocycles. The van der Waals surface area contributed by atoms with E-state index >= 15 is 0 Å². The van der Waals surface area contributed by atoms with Gasteiger partial charge in [0.1, 0.15) is 6.54 Å². The summed E-state index contributed by atoms with van der Waals surface area (Å²) < 4.78 is 25.6. The van der Waals surface area contributed by atoms with Crippen LogP contribution >= 0.6 is 11.6 Å². The summed E-state index contributed by atoms with van der Waals surface area (Å²) in [5, 5.41) is 0.510. The Morgan fingerprint density at radius 1 is 1.03 bits per heavy atom. The lowest BCUT2D eigenvalue weighted by atomic mass is 10.2. The number of carbonyl (C=O) groups is 1. The minimum atomic E-state index is -3.59. The average molecular weight is 448 g/mol. The summed E-state index contributed by atoms with van der Waals surface area (Å²) in [7, 11) is -3.59. The maximum atomic E-state index is 12.8. The molecule has 30 heavy (non-hydrogen) atoms. The van der Waals surface area contributed by atoms with Crippen LogP contribution in [-0.2, 0) is 14.8 Å². The summed E-state index contributed by atoms with van der Waals surface area (Å²) in [5.74, 6) is -0.199. The summed E-state index contributed by atoms with van der Waals surface area (Å²) in [4.78, 5) is 16.8. The van der Waals surface area contributed by atoms with Crippen LogP contribution in [0.15, 0.2) is 60.7 Å². The van der Waals surface area contributed by atoms with E-state index in [0.29, 0.717) is 23.8 Å². The molecule has 1 fully saturated rings. The Balaban J connectivity index is 1.53. The molecule has 1 aliphatic rings. The van der Waals surface area contributed by atoms with Crippen molar-refractivity contribution >= 4 is 39.3 Å². The number of nitrogens with zero attached hydrogens (tertiary/aromatic N) is 3. The number of hydrogen-bond acceptors (Lipinski definition) is 4. The molecule has 0 atom stereocenters. The molecule has 6 nitrogen and oxygen atoms in total. The van der Waals surface area contributed by atoms with Crippen LogP contribution in [0, 0.1) is 0 Å². The lowest BCUT2D eigenvalue weighted by Gasteiger charge is -2.35. The Hall–Kier alpha value is -2.35. The summed E-state index contributed by atoms with van der Waals surface area (Å²) in [6.07, 6.45) is 5.32. The van der Waals surface area contributed by atoms with Crippen LogP contribution in [0.3, 0.4) is 0 Å². The molecule has 0 N–H and O–H groups in total. The first-order chi connectivity index (χ1) is 14.3. The highest BCUT2D eigenvalue weighted by Gasteiger charge is 2.26. The van der Waals surface area contributed by atoms with Crippen LogP contribution < -0.4 is 4.31 Å². The van der Waals surface area contributed by atoms with Gasteiger partial charge in [-0.05, 0) is 29.8 Å². The quantitative estimate of drug-likeness (QED) is 0.654. The van der Waals surface area contributed by atoms with Crippen molar-refractivity contribution in [3.63, 3.8) is 0 Å². The molecule has 0 aliphatic carbocycles. The standard InChI is InChI=1S/C22H26ClN3O3S/c1-30(28,29)26(21-11-9-20(23)10-12-21)18-22(27)25-16-14-24(15-17-25)13-5-8-19-6-3-2-4-7-19/h2-12H,13-18H2,1H3. The number of rotatable bonds is 7. The zero-order valence-corrected chi connectivity index (χ0v) is 18.5. The average Bonchev–Trinajstić information content (AvgIpc) is 2.73. The van der Waals surface area contributed by atoms with Gasteiger partial charge in [0.2, 0.25) is 15.9 Å². The first-order valence-corrected chi connectivity index (χ1v) is 12.0. The third-order valence-electron chi connectivity index (χ3n) is 4.99. The van der Waals surface area contributed by atoms with E-state index in [-0.39, 0.29) is 12.5 Å². The van der Waals surface area contributed by atoms with Crippen molar-refractivity contribution in [3.05, 3.63) is 71.3 Å². The van der Waals surface area contributed by atoms with Gasteiger partial charge < -0.3 is 4.90 Å². The molecule has 0 unspecified atom stereocenters. The van der Waals surface area contributed by atoms with Crippen LogP contribution in [0.25, 0.3) is 6.08 Å². The normalized spacial score (nSPS) is 15.5. The van der Waals surface area contributed by atoms with Gasteiger partial charge in [-0.3, -0.25) is 14.0 Å². The number of sulfonamides is 1. The predicted molar refractivity (Wildman–Crippen MR) is 122 cm³/mol. The van der Waals surface area contributed by atoms with Crippen molar-refractivity contribution < 1.29 is 13.2 Å². The molecule has 0 saturated carbocycles. The first-order valence-electron chi connectivity index (χ1n) is 9.78. The lowest BCUT2D eigenvalue weighted by Crippen LogP contribution is -2.51. The van der Waals surface area contributed by atoms with Gasteiger partial charge in [0.15, 0.2) is 0 Å². The Morgan fingerprint density at radius 2 is 1.67 bits per heavy atom. The third-order valence-corrected chi connectivity index (χ3v) is 6.38. The van der Waals surface area contributed by atoms with Gasteiger partial charge in [0.25, 0.3) is 0 Å². The fraction of sp³-hybridized carbons (Fsp3) is 0.318. The molecular weight excluding hydrogens is 422 g/mol. The highest BCUT2D eigenvalue weighted by molar-refractivity contribution is 7.92. The molecule has 1 amide bonds. The molecule has 2 aromatic carbocycles. The van der Waals surface area contributed by atoms with Crippen LogP contribution in [-0.4, -0.2) is 69.6 Å². The van der Waals surface area contributed by atoms with Gasteiger partial charge >= 0.3 is 0 Å². The largest absolute Gasteiger partial charge is 0.339 e.